The standard InChI is InChI=1S/C25H27F3N6O/c1-24(2,3)16-6-4-5-14-7-9-18(30-21(14)16)23-32-31-20-10-8-15(11-34(20)23)22(25(26,27)28)33-12-17(29)19(35)13-33/h4-11,17,19,22,35H,12-13,29H2,1-3H3. The fraction of sp³-hybridized carbons (Fsp3) is 0.400. The number of para-hydroxylation sites is 1. The highest BCUT2D eigenvalue weighted by Crippen LogP contribution is 2.39. The SMILES string of the molecule is CC(C)(C)c1cccc2ccc(-c3nnc4ccc(C(N5CC(N)C(O)C5)C(F)(F)F)cn34)nc12. The van der Waals surface area contributed by atoms with Crippen LogP contribution in [0.1, 0.15) is 37.9 Å². The third-order valence-electron chi connectivity index (χ3n) is 6.53. The number of β-amino-alcohol motifs (C(OH)–C–C–N with tert-alkyl or cyclic N) is 1. The molecule has 1 aliphatic rings. The van der Waals surface area contributed by atoms with E-state index in [4.69, 9.17) is 10.7 Å². The minimum absolute atomic E-state index is 0.0171. The van der Waals surface area contributed by atoms with Crippen LogP contribution in [0.3, 0.4) is 0 Å². The number of fused-ring (bicyclic) bond motifs is 2. The van der Waals surface area contributed by atoms with Gasteiger partial charge in [-0.25, -0.2) is 4.98 Å². The van der Waals surface area contributed by atoms with Crippen LogP contribution in [-0.2, 0) is 5.41 Å². The number of likely N-dealkylation sites (tertiary alicyclic amines) is 1. The second-order valence-corrected chi connectivity index (χ2v) is 10.2. The van der Waals surface area contributed by atoms with E-state index in [2.05, 4.69) is 31.0 Å². The highest BCUT2D eigenvalue weighted by atomic mass is 19.4. The van der Waals surface area contributed by atoms with Gasteiger partial charge in [-0.1, -0.05) is 51.1 Å². The van der Waals surface area contributed by atoms with Gasteiger partial charge in [0.05, 0.1) is 11.6 Å². The number of aliphatic hydroxyl groups excluding tert-OH is 1. The summed E-state index contributed by atoms with van der Waals surface area (Å²) in [4.78, 5) is 6.02. The van der Waals surface area contributed by atoms with Crippen molar-refractivity contribution in [3.8, 4) is 11.5 Å². The fourth-order valence-electron chi connectivity index (χ4n) is 4.78. The van der Waals surface area contributed by atoms with Crippen molar-refractivity contribution in [2.75, 3.05) is 13.1 Å². The van der Waals surface area contributed by atoms with Crippen molar-refractivity contribution in [3.05, 3.63) is 59.8 Å². The molecule has 3 aromatic heterocycles. The molecule has 184 valence electrons. The van der Waals surface area contributed by atoms with E-state index in [0.717, 1.165) is 16.5 Å². The van der Waals surface area contributed by atoms with Crippen molar-refractivity contribution in [1.29, 1.82) is 0 Å². The molecule has 35 heavy (non-hydrogen) atoms. The van der Waals surface area contributed by atoms with E-state index in [9.17, 15) is 18.3 Å². The van der Waals surface area contributed by atoms with E-state index in [1.54, 1.807) is 6.07 Å². The average molecular weight is 485 g/mol. The molecule has 3 N–H and O–H groups in total. The molecule has 1 fully saturated rings. The number of aromatic nitrogens is 4. The summed E-state index contributed by atoms with van der Waals surface area (Å²) in [6.07, 6.45) is -4.16. The van der Waals surface area contributed by atoms with Crippen LogP contribution >= 0.6 is 0 Å². The van der Waals surface area contributed by atoms with Gasteiger partial charge in [0.1, 0.15) is 11.7 Å². The first-order chi connectivity index (χ1) is 16.4. The van der Waals surface area contributed by atoms with Crippen LogP contribution in [0.15, 0.2) is 48.7 Å². The second-order valence-electron chi connectivity index (χ2n) is 10.2. The van der Waals surface area contributed by atoms with Gasteiger partial charge >= 0.3 is 6.18 Å². The van der Waals surface area contributed by atoms with Gasteiger partial charge in [0.2, 0.25) is 0 Å². The highest BCUT2D eigenvalue weighted by molar-refractivity contribution is 5.84. The number of alkyl halides is 3. The Balaban J connectivity index is 1.63. The molecule has 0 spiro atoms. The Morgan fingerprint density at radius 3 is 2.46 bits per heavy atom. The normalized spacial score (nSPS) is 20.7. The van der Waals surface area contributed by atoms with Gasteiger partial charge in [0, 0.05) is 30.7 Å². The number of rotatable bonds is 3. The minimum atomic E-state index is -4.56. The number of benzene rings is 1. The van der Waals surface area contributed by atoms with E-state index in [-0.39, 0.29) is 24.1 Å². The molecule has 3 unspecified atom stereocenters. The lowest BCUT2D eigenvalue weighted by Crippen LogP contribution is -2.38. The van der Waals surface area contributed by atoms with Crippen molar-refractivity contribution in [3.63, 3.8) is 0 Å². The lowest BCUT2D eigenvalue weighted by atomic mass is 9.85. The maximum absolute atomic E-state index is 14.2. The summed E-state index contributed by atoms with van der Waals surface area (Å²) in [6, 6.07) is 9.99. The molecule has 7 nitrogen and oxygen atoms in total. The molecule has 1 aromatic carbocycles. The Bertz CT molecular complexity index is 1380. The zero-order valence-electron chi connectivity index (χ0n) is 19.7. The topological polar surface area (TPSA) is 92.6 Å². The summed E-state index contributed by atoms with van der Waals surface area (Å²) >= 11 is 0. The lowest BCUT2D eigenvalue weighted by Gasteiger charge is -2.29. The fourth-order valence-corrected chi connectivity index (χ4v) is 4.78. The maximum atomic E-state index is 14.2. The molecular formula is C25H27F3N6O. The second kappa shape index (κ2) is 8.25. The zero-order valence-corrected chi connectivity index (χ0v) is 19.7. The number of hydrogen-bond donors (Lipinski definition) is 2. The van der Waals surface area contributed by atoms with Crippen LogP contribution in [0, 0.1) is 0 Å². The van der Waals surface area contributed by atoms with Crippen molar-refractivity contribution >= 4 is 16.6 Å². The van der Waals surface area contributed by atoms with Gasteiger partial charge in [0.25, 0.3) is 0 Å². The summed E-state index contributed by atoms with van der Waals surface area (Å²) in [5.74, 6) is 0.353. The molecule has 0 saturated carbocycles. The van der Waals surface area contributed by atoms with Gasteiger partial charge in [-0.2, -0.15) is 13.2 Å². The van der Waals surface area contributed by atoms with Crippen molar-refractivity contribution in [1.82, 2.24) is 24.5 Å². The molecule has 10 heteroatoms. The summed E-state index contributed by atoms with van der Waals surface area (Å²) in [5, 5.41) is 19.3. The smallest absolute Gasteiger partial charge is 0.390 e. The van der Waals surface area contributed by atoms with Crippen LogP contribution < -0.4 is 5.73 Å². The van der Waals surface area contributed by atoms with Crippen LogP contribution in [0.5, 0.6) is 0 Å². The Kier molecular flexibility index (Phi) is 5.58. The predicted molar refractivity (Wildman–Crippen MR) is 127 cm³/mol. The summed E-state index contributed by atoms with van der Waals surface area (Å²) in [6.45, 7) is 6.11. The minimum Gasteiger partial charge on any atom is -0.390 e. The molecule has 0 aliphatic carbocycles. The monoisotopic (exact) mass is 484 g/mol. The Labute approximate surface area is 200 Å². The highest BCUT2D eigenvalue weighted by Gasteiger charge is 2.48. The van der Waals surface area contributed by atoms with Crippen molar-refractivity contribution in [2.24, 2.45) is 5.73 Å². The zero-order chi connectivity index (χ0) is 25.1. The third-order valence-corrected chi connectivity index (χ3v) is 6.53. The molecule has 5 rings (SSSR count). The molecule has 3 atom stereocenters. The molecule has 1 saturated heterocycles. The number of aliphatic hydroxyl groups is 1. The van der Waals surface area contributed by atoms with Crippen LogP contribution in [-0.4, -0.2) is 61.0 Å². The first kappa shape index (κ1) is 23.7. The summed E-state index contributed by atoms with van der Waals surface area (Å²) in [7, 11) is 0. The van der Waals surface area contributed by atoms with Crippen LogP contribution in [0.2, 0.25) is 0 Å². The van der Waals surface area contributed by atoms with Gasteiger partial charge in [-0.05, 0) is 28.7 Å². The predicted octanol–water partition coefficient (Wildman–Crippen LogP) is 3.85. The van der Waals surface area contributed by atoms with Crippen molar-refractivity contribution < 1.29 is 18.3 Å². The number of halogens is 3. The number of hydrogen-bond acceptors (Lipinski definition) is 6. The quantitative estimate of drug-likeness (QED) is 0.459. The number of nitrogens with zero attached hydrogens (tertiary/aromatic N) is 5. The molecule has 4 aromatic rings. The first-order valence-electron chi connectivity index (χ1n) is 11.4. The first-order valence-corrected chi connectivity index (χ1v) is 11.4. The van der Waals surface area contributed by atoms with Crippen LogP contribution in [0.25, 0.3) is 28.1 Å². The number of pyridine rings is 2. The Morgan fingerprint density at radius 2 is 1.80 bits per heavy atom. The van der Waals surface area contributed by atoms with Crippen LogP contribution in [0.4, 0.5) is 13.2 Å². The third kappa shape index (κ3) is 4.26. The van der Waals surface area contributed by atoms with E-state index in [1.807, 2.05) is 24.3 Å². The van der Waals surface area contributed by atoms with Gasteiger partial charge in [-0.15, -0.1) is 10.2 Å². The van der Waals surface area contributed by atoms with E-state index >= 15 is 0 Å². The molecule has 4 heterocycles. The Hall–Kier alpha value is -3.08. The lowest BCUT2D eigenvalue weighted by molar-refractivity contribution is -0.184. The van der Waals surface area contributed by atoms with Gasteiger partial charge in [0.15, 0.2) is 11.5 Å². The molecule has 0 bridgehead atoms. The van der Waals surface area contributed by atoms with E-state index in [0.29, 0.717) is 17.2 Å². The van der Waals surface area contributed by atoms with Crippen molar-refractivity contribution in [2.45, 2.75) is 50.6 Å². The maximum Gasteiger partial charge on any atom is 0.408 e. The summed E-state index contributed by atoms with van der Waals surface area (Å²) < 4.78 is 44.1. The average Bonchev–Trinajstić information content (AvgIpc) is 3.34. The molecule has 0 amide bonds. The molecule has 1 aliphatic heterocycles. The van der Waals surface area contributed by atoms with E-state index < -0.39 is 24.4 Å². The van der Waals surface area contributed by atoms with E-state index in [1.165, 1.54) is 27.6 Å². The Morgan fingerprint density at radius 1 is 1.03 bits per heavy atom. The summed E-state index contributed by atoms with van der Waals surface area (Å²) in [5.41, 5.74) is 8.47. The largest absolute Gasteiger partial charge is 0.408 e. The van der Waals surface area contributed by atoms with Gasteiger partial charge in [-0.3, -0.25) is 9.30 Å². The number of nitrogens with two attached hydrogens (primary N) is 1. The van der Waals surface area contributed by atoms with Gasteiger partial charge < -0.3 is 10.8 Å². The molecular weight excluding hydrogens is 457 g/mol. The molecule has 0 radical (unpaired) electrons.